The molecule has 0 spiro atoms. The standard InChI is InChI=1S/C14H12Cl2OS/c15-12-6-11(8-17)14(16)13(7-12)18-9-10-4-2-1-3-5-10/h1-7,17H,8-9H2. The van der Waals surface area contributed by atoms with Gasteiger partial charge in [0.05, 0.1) is 11.6 Å². The fourth-order valence-electron chi connectivity index (χ4n) is 1.57. The minimum atomic E-state index is -0.0989. The zero-order valence-corrected chi connectivity index (χ0v) is 11.9. The highest BCUT2D eigenvalue weighted by Gasteiger charge is 2.08. The fraction of sp³-hybridized carbons (Fsp3) is 0.143. The van der Waals surface area contributed by atoms with Gasteiger partial charge in [0.15, 0.2) is 0 Å². The van der Waals surface area contributed by atoms with Crippen LogP contribution in [0.3, 0.4) is 0 Å². The molecule has 0 saturated heterocycles. The van der Waals surface area contributed by atoms with Crippen LogP contribution in [0.25, 0.3) is 0 Å². The summed E-state index contributed by atoms with van der Waals surface area (Å²) in [6.45, 7) is -0.0989. The van der Waals surface area contributed by atoms with E-state index in [9.17, 15) is 5.11 Å². The zero-order valence-electron chi connectivity index (χ0n) is 9.57. The van der Waals surface area contributed by atoms with Crippen LogP contribution in [-0.4, -0.2) is 5.11 Å². The van der Waals surface area contributed by atoms with Crippen LogP contribution in [0.4, 0.5) is 0 Å². The third-order valence-corrected chi connectivity index (χ3v) is 4.37. The molecule has 0 fully saturated rings. The summed E-state index contributed by atoms with van der Waals surface area (Å²) in [4.78, 5) is 0.900. The lowest BCUT2D eigenvalue weighted by Crippen LogP contribution is -1.88. The number of hydrogen-bond acceptors (Lipinski definition) is 2. The summed E-state index contributed by atoms with van der Waals surface area (Å²) >= 11 is 13.8. The number of halogens is 2. The van der Waals surface area contributed by atoms with Crippen molar-refractivity contribution in [3.8, 4) is 0 Å². The molecule has 0 atom stereocenters. The molecule has 0 aromatic heterocycles. The van der Waals surface area contributed by atoms with Gasteiger partial charge in [-0.2, -0.15) is 0 Å². The van der Waals surface area contributed by atoms with Crippen LogP contribution in [0.5, 0.6) is 0 Å². The molecule has 1 nitrogen and oxygen atoms in total. The van der Waals surface area contributed by atoms with Gasteiger partial charge in [0.1, 0.15) is 0 Å². The molecule has 0 saturated carbocycles. The van der Waals surface area contributed by atoms with Crippen LogP contribution in [-0.2, 0) is 12.4 Å². The molecule has 2 rings (SSSR count). The first-order valence-electron chi connectivity index (χ1n) is 5.46. The Kier molecular flexibility index (Phi) is 4.95. The lowest BCUT2D eigenvalue weighted by Gasteiger charge is -2.09. The Morgan fingerprint density at radius 2 is 1.78 bits per heavy atom. The van der Waals surface area contributed by atoms with E-state index >= 15 is 0 Å². The first-order valence-corrected chi connectivity index (χ1v) is 7.20. The van der Waals surface area contributed by atoms with Gasteiger partial charge in [-0.15, -0.1) is 11.8 Å². The van der Waals surface area contributed by atoms with E-state index in [-0.39, 0.29) is 6.61 Å². The Labute approximate surface area is 121 Å². The van der Waals surface area contributed by atoms with Gasteiger partial charge < -0.3 is 5.11 Å². The normalized spacial score (nSPS) is 10.6. The Morgan fingerprint density at radius 3 is 2.44 bits per heavy atom. The van der Waals surface area contributed by atoms with Crippen molar-refractivity contribution in [3.63, 3.8) is 0 Å². The Morgan fingerprint density at radius 1 is 1.06 bits per heavy atom. The van der Waals surface area contributed by atoms with Crippen molar-refractivity contribution in [1.82, 2.24) is 0 Å². The average Bonchev–Trinajstić information content (AvgIpc) is 2.40. The van der Waals surface area contributed by atoms with Crippen LogP contribution in [0.1, 0.15) is 11.1 Å². The van der Waals surface area contributed by atoms with Gasteiger partial charge in [0.25, 0.3) is 0 Å². The molecule has 0 unspecified atom stereocenters. The molecule has 0 heterocycles. The van der Waals surface area contributed by atoms with Crippen molar-refractivity contribution in [3.05, 3.63) is 63.6 Å². The van der Waals surface area contributed by atoms with E-state index in [0.717, 1.165) is 10.6 Å². The summed E-state index contributed by atoms with van der Waals surface area (Å²) in [5.74, 6) is 0.825. The smallest absolute Gasteiger partial charge is 0.0697 e. The monoisotopic (exact) mass is 298 g/mol. The highest BCUT2D eigenvalue weighted by Crippen LogP contribution is 2.34. The highest BCUT2D eigenvalue weighted by molar-refractivity contribution is 7.98. The summed E-state index contributed by atoms with van der Waals surface area (Å²) in [5, 5.41) is 10.4. The number of hydrogen-bond donors (Lipinski definition) is 1. The second-order valence-corrected chi connectivity index (χ2v) is 5.64. The lowest BCUT2D eigenvalue weighted by atomic mass is 10.2. The molecule has 1 N–H and O–H groups in total. The lowest BCUT2D eigenvalue weighted by molar-refractivity contribution is 0.281. The minimum Gasteiger partial charge on any atom is -0.392 e. The van der Waals surface area contributed by atoms with Crippen LogP contribution in [0, 0.1) is 0 Å². The molecule has 0 amide bonds. The maximum atomic E-state index is 9.20. The van der Waals surface area contributed by atoms with Crippen molar-refractivity contribution in [2.45, 2.75) is 17.3 Å². The van der Waals surface area contributed by atoms with Crippen LogP contribution < -0.4 is 0 Å². The molecule has 0 radical (unpaired) electrons. The van der Waals surface area contributed by atoms with Gasteiger partial charge >= 0.3 is 0 Å². The van der Waals surface area contributed by atoms with Gasteiger partial charge in [0.2, 0.25) is 0 Å². The average molecular weight is 299 g/mol. The predicted molar refractivity (Wildman–Crippen MR) is 78.4 cm³/mol. The molecular weight excluding hydrogens is 287 g/mol. The third kappa shape index (κ3) is 3.42. The molecule has 2 aromatic carbocycles. The zero-order chi connectivity index (χ0) is 13.0. The van der Waals surface area contributed by atoms with Gasteiger partial charge in [-0.05, 0) is 23.3 Å². The minimum absolute atomic E-state index is 0.0989. The SMILES string of the molecule is OCc1cc(Cl)cc(SCc2ccccc2)c1Cl. The predicted octanol–water partition coefficient (Wildman–Crippen LogP) is 4.78. The van der Waals surface area contributed by atoms with Gasteiger partial charge in [-0.1, -0.05) is 53.5 Å². The fourth-order valence-corrected chi connectivity index (χ4v) is 3.19. The molecule has 0 aliphatic heterocycles. The molecule has 0 aliphatic rings. The largest absolute Gasteiger partial charge is 0.392 e. The van der Waals surface area contributed by atoms with Gasteiger partial charge in [0, 0.05) is 15.7 Å². The maximum absolute atomic E-state index is 9.20. The quantitative estimate of drug-likeness (QED) is 0.820. The number of aliphatic hydroxyl groups is 1. The van der Waals surface area contributed by atoms with E-state index in [2.05, 4.69) is 12.1 Å². The Balaban J connectivity index is 2.17. The molecule has 4 heteroatoms. The van der Waals surface area contributed by atoms with E-state index in [1.807, 2.05) is 24.3 Å². The molecule has 0 bridgehead atoms. The van der Waals surface area contributed by atoms with Gasteiger partial charge in [-0.25, -0.2) is 0 Å². The van der Waals surface area contributed by atoms with Crippen LogP contribution in [0.2, 0.25) is 10.0 Å². The second kappa shape index (κ2) is 6.48. The molecule has 18 heavy (non-hydrogen) atoms. The summed E-state index contributed by atoms with van der Waals surface area (Å²) < 4.78 is 0. The van der Waals surface area contributed by atoms with E-state index in [0.29, 0.717) is 15.6 Å². The van der Waals surface area contributed by atoms with Crippen LogP contribution in [0.15, 0.2) is 47.4 Å². The molecule has 94 valence electrons. The second-order valence-electron chi connectivity index (χ2n) is 3.81. The Bertz CT molecular complexity index is 529. The first-order chi connectivity index (χ1) is 8.70. The summed E-state index contributed by atoms with van der Waals surface area (Å²) in [7, 11) is 0. The first kappa shape index (κ1) is 13.8. The maximum Gasteiger partial charge on any atom is 0.0697 e. The Hall–Kier alpha value is -0.670. The third-order valence-electron chi connectivity index (χ3n) is 2.49. The molecule has 0 aliphatic carbocycles. The summed E-state index contributed by atoms with van der Waals surface area (Å²) in [6.07, 6.45) is 0. The van der Waals surface area contributed by atoms with Crippen molar-refractivity contribution in [2.24, 2.45) is 0 Å². The highest BCUT2D eigenvalue weighted by atomic mass is 35.5. The number of aliphatic hydroxyl groups excluding tert-OH is 1. The van der Waals surface area contributed by atoms with E-state index < -0.39 is 0 Å². The van der Waals surface area contributed by atoms with Crippen molar-refractivity contribution < 1.29 is 5.11 Å². The van der Waals surface area contributed by atoms with E-state index in [4.69, 9.17) is 23.2 Å². The molecule has 2 aromatic rings. The van der Waals surface area contributed by atoms with Gasteiger partial charge in [-0.3, -0.25) is 0 Å². The van der Waals surface area contributed by atoms with E-state index in [1.165, 1.54) is 5.56 Å². The van der Waals surface area contributed by atoms with Crippen molar-refractivity contribution >= 4 is 35.0 Å². The number of benzene rings is 2. The van der Waals surface area contributed by atoms with Crippen molar-refractivity contribution in [1.29, 1.82) is 0 Å². The summed E-state index contributed by atoms with van der Waals surface area (Å²) in [5.41, 5.74) is 1.89. The topological polar surface area (TPSA) is 20.2 Å². The van der Waals surface area contributed by atoms with E-state index in [1.54, 1.807) is 17.8 Å². The number of thioether (sulfide) groups is 1. The summed E-state index contributed by atoms with van der Waals surface area (Å²) in [6, 6.07) is 13.7. The van der Waals surface area contributed by atoms with Crippen LogP contribution >= 0.6 is 35.0 Å². The number of rotatable bonds is 4. The molecular formula is C14H12Cl2OS. The van der Waals surface area contributed by atoms with Crippen molar-refractivity contribution in [2.75, 3.05) is 0 Å².